The average Bonchev–Trinajstić information content (AvgIpc) is 2.87. The van der Waals surface area contributed by atoms with Crippen LogP contribution in [0, 0.1) is 0 Å². The lowest BCUT2D eigenvalue weighted by Crippen LogP contribution is -2.36. The zero-order chi connectivity index (χ0) is 24.4. The molecule has 5 heteroatoms. The van der Waals surface area contributed by atoms with Crippen LogP contribution in [0.2, 0.25) is 0 Å². The number of hydrogen-bond donors (Lipinski definition) is 1. The molecule has 2 atom stereocenters. The third-order valence-corrected chi connectivity index (χ3v) is 7.21. The Labute approximate surface area is 213 Å². The fourth-order valence-electron chi connectivity index (χ4n) is 5.09. The number of nitrogens with one attached hydrogen (secondary N) is 1. The first-order valence-corrected chi connectivity index (χ1v) is 12.6. The molecule has 0 fully saturated rings. The van der Waals surface area contributed by atoms with Crippen molar-refractivity contribution in [3.63, 3.8) is 0 Å². The van der Waals surface area contributed by atoms with Crippen molar-refractivity contribution >= 4 is 27.7 Å². The zero-order valence-corrected chi connectivity index (χ0v) is 21.0. The first-order chi connectivity index (χ1) is 17.0. The van der Waals surface area contributed by atoms with Crippen LogP contribution >= 0.6 is 15.9 Å². The highest BCUT2D eigenvalue weighted by atomic mass is 79.9. The molecular weight excluding hydrogens is 502 g/mol. The molecule has 0 saturated carbocycles. The van der Waals surface area contributed by atoms with Crippen molar-refractivity contribution in [3.05, 3.63) is 129 Å². The predicted octanol–water partition coefficient (Wildman–Crippen LogP) is 6.55. The summed E-state index contributed by atoms with van der Waals surface area (Å²) in [7, 11) is 0. The second-order valence-electron chi connectivity index (χ2n) is 9.04. The number of carbonyl (C=O) groups is 2. The molecule has 0 radical (unpaired) electrons. The van der Waals surface area contributed by atoms with Gasteiger partial charge in [-0.25, -0.2) is 4.79 Å². The molecule has 3 aromatic rings. The number of Topliss-reactive ketones (excluding diaryl/α,β-unsaturated/α-hetero) is 1. The number of esters is 1. The third-order valence-electron chi connectivity index (χ3n) is 6.71. The second-order valence-corrected chi connectivity index (χ2v) is 9.96. The van der Waals surface area contributed by atoms with Crippen LogP contribution in [0.4, 0.5) is 0 Å². The van der Waals surface area contributed by atoms with E-state index in [0.29, 0.717) is 17.6 Å². The van der Waals surface area contributed by atoms with Gasteiger partial charge in [0.2, 0.25) is 0 Å². The number of ketones is 1. The highest BCUT2D eigenvalue weighted by molar-refractivity contribution is 9.10. The van der Waals surface area contributed by atoms with E-state index in [9.17, 15) is 9.59 Å². The molecule has 1 N–H and O–H groups in total. The topological polar surface area (TPSA) is 55.4 Å². The largest absolute Gasteiger partial charge is 0.457 e. The lowest BCUT2D eigenvalue weighted by molar-refractivity contribution is -0.140. The highest BCUT2D eigenvalue weighted by Crippen LogP contribution is 2.46. The monoisotopic (exact) mass is 527 g/mol. The SMILES string of the molecule is CC1=C(C(=O)OCc2ccccc2)[C@H](c2cccc(Br)c2)C2=C(C[C@@H](c3ccccc3)CC2=O)N1. The Morgan fingerprint density at radius 3 is 2.34 bits per heavy atom. The average molecular weight is 528 g/mol. The van der Waals surface area contributed by atoms with Crippen molar-refractivity contribution in [1.29, 1.82) is 0 Å². The number of carbonyl (C=O) groups excluding carboxylic acids is 2. The van der Waals surface area contributed by atoms with Gasteiger partial charge in [-0.15, -0.1) is 0 Å². The molecule has 2 aliphatic rings. The van der Waals surface area contributed by atoms with Crippen molar-refractivity contribution in [2.45, 2.75) is 38.2 Å². The van der Waals surface area contributed by atoms with E-state index in [1.807, 2.05) is 79.7 Å². The molecule has 0 spiro atoms. The number of dihydropyridines is 1. The number of allylic oxidation sites excluding steroid dienone is 3. The van der Waals surface area contributed by atoms with Gasteiger partial charge in [-0.3, -0.25) is 4.79 Å². The Morgan fingerprint density at radius 2 is 1.63 bits per heavy atom. The van der Waals surface area contributed by atoms with Crippen LogP contribution in [0.25, 0.3) is 0 Å². The van der Waals surface area contributed by atoms with Gasteiger partial charge in [0.25, 0.3) is 0 Å². The number of ether oxygens (including phenoxy) is 1. The quantitative estimate of drug-likeness (QED) is 0.382. The molecule has 0 saturated heterocycles. The summed E-state index contributed by atoms with van der Waals surface area (Å²) in [6.45, 7) is 2.07. The molecule has 1 heterocycles. The van der Waals surface area contributed by atoms with Crippen molar-refractivity contribution in [1.82, 2.24) is 5.32 Å². The van der Waals surface area contributed by atoms with Crippen molar-refractivity contribution < 1.29 is 14.3 Å². The Bertz CT molecular complexity index is 1330. The van der Waals surface area contributed by atoms with Crippen LogP contribution in [0.1, 0.15) is 48.3 Å². The molecule has 4 nitrogen and oxygen atoms in total. The molecule has 5 rings (SSSR count). The summed E-state index contributed by atoms with van der Waals surface area (Å²) in [5.41, 5.74) is 5.76. The Balaban J connectivity index is 1.52. The first kappa shape index (κ1) is 23.3. The van der Waals surface area contributed by atoms with Crippen molar-refractivity contribution in [2.75, 3.05) is 0 Å². The molecule has 176 valence electrons. The van der Waals surface area contributed by atoms with E-state index < -0.39 is 11.9 Å². The van der Waals surface area contributed by atoms with E-state index in [1.54, 1.807) is 0 Å². The summed E-state index contributed by atoms with van der Waals surface area (Å²) in [6, 6.07) is 27.6. The van der Waals surface area contributed by atoms with Crippen LogP contribution in [0.15, 0.2) is 112 Å². The van der Waals surface area contributed by atoms with Gasteiger partial charge in [-0.1, -0.05) is 88.7 Å². The minimum Gasteiger partial charge on any atom is -0.457 e. The van der Waals surface area contributed by atoms with E-state index in [2.05, 4.69) is 33.4 Å². The maximum absolute atomic E-state index is 13.7. The van der Waals surface area contributed by atoms with Crippen molar-refractivity contribution in [3.8, 4) is 0 Å². The van der Waals surface area contributed by atoms with E-state index in [-0.39, 0.29) is 18.3 Å². The van der Waals surface area contributed by atoms with Gasteiger partial charge in [-0.2, -0.15) is 0 Å². The molecule has 0 amide bonds. The van der Waals surface area contributed by atoms with E-state index in [0.717, 1.165) is 39.0 Å². The molecule has 1 aliphatic heterocycles. The van der Waals surface area contributed by atoms with Gasteiger partial charge in [0, 0.05) is 33.8 Å². The maximum Gasteiger partial charge on any atom is 0.337 e. The molecule has 0 bridgehead atoms. The standard InChI is InChI=1S/C30H26BrNO3/c1-19-27(30(34)35-18-20-9-4-2-5-10-20)28(22-13-8-14-24(31)15-22)29-25(32-19)16-23(17-26(29)33)21-11-6-3-7-12-21/h2-15,23,28,32H,16-18H2,1H3/t23-,28+/m1/s1. The smallest absolute Gasteiger partial charge is 0.337 e. The zero-order valence-electron chi connectivity index (χ0n) is 19.5. The second kappa shape index (κ2) is 10.0. The maximum atomic E-state index is 13.7. The highest BCUT2D eigenvalue weighted by Gasteiger charge is 2.41. The summed E-state index contributed by atoms with van der Waals surface area (Å²) in [5, 5.41) is 3.42. The summed E-state index contributed by atoms with van der Waals surface area (Å²) >= 11 is 3.56. The normalized spacial score (nSPS) is 19.8. The lowest BCUT2D eigenvalue weighted by atomic mass is 9.72. The predicted molar refractivity (Wildman–Crippen MR) is 139 cm³/mol. The third kappa shape index (κ3) is 4.87. The fraction of sp³-hybridized carbons (Fsp3) is 0.200. The molecular formula is C30H26BrNO3. The van der Waals surface area contributed by atoms with E-state index >= 15 is 0 Å². The Kier molecular flexibility index (Phi) is 6.69. The summed E-state index contributed by atoms with van der Waals surface area (Å²) < 4.78 is 6.64. The Hall–Kier alpha value is -3.44. The van der Waals surface area contributed by atoms with Gasteiger partial charge in [-0.05, 0) is 48.1 Å². The fourth-order valence-corrected chi connectivity index (χ4v) is 5.51. The van der Waals surface area contributed by atoms with Gasteiger partial charge < -0.3 is 10.1 Å². The van der Waals surface area contributed by atoms with Gasteiger partial charge >= 0.3 is 5.97 Å². The summed E-state index contributed by atoms with van der Waals surface area (Å²) in [4.78, 5) is 27.1. The lowest BCUT2D eigenvalue weighted by Gasteiger charge is -2.36. The van der Waals surface area contributed by atoms with Crippen LogP contribution in [-0.4, -0.2) is 11.8 Å². The van der Waals surface area contributed by atoms with Gasteiger partial charge in [0.1, 0.15) is 6.61 Å². The number of hydrogen-bond acceptors (Lipinski definition) is 4. The molecule has 1 aliphatic carbocycles. The number of halogens is 1. The minimum absolute atomic E-state index is 0.0680. The molecule has 0 aromatic heterocycles. The molecule has 35 heavy (non-hydrogen) atoms. The van der Waals surface area contributed by atoms with Crippen molar-refractivity contribution in [2.24, 2.45) is 0 Å². The first-order valence-electron chi connectivity index (χ1n) is 11.8. The van der Waals surface area contributed by atoms with Gasteiger partial charge in [0.15, 0.2) is 5.78 Å². The van der Waals surface area contributed by atoms with Crippen LogP contribution < -0.4 is 5.32 Å². The molecule has 0 unspecified atom stereocenters. The summed E-state index contributed by atoms with van der Waals surface area (Å²) in [5.74, 6) is -0.708. The summed E-state index contributed by atoms with van der Waals surface area (Å²) in [6.07, 6.45) is 1.14. The minimum atomic E-state index is -0.476. The number of rotatable bonds is 5. The number of benzene rings is 3. The van der Waals surface area contributed by atoms with E-state index in [4.69, 9.17) is 4.74 Å². The molecule has 3 aromatic carbocycles. The van der Waals surface area contributed by atoms with Crippen LogP contribution in [0.3, 0.4) is 0 Å². The Morgan fingerprint density at radius 1 is 0.943 bits per heavy atom. The van der Waals surface area contributed by atoms with Crippen LogP contribution in [-0.2, 0) is 20.9 Å². The van der Waals surface area contributed by atoms with E-state index in [1.165, 1.54) is 0 Å². The van der Waals surface area contributed by atoms with Gasteiger partial charge in [0.05, 0.1) is 5.57 Å². The van der Waals surface area contributed by atoms with Crippen LogP contribution in [0.5, 0.6) is 0 Å².